The third-order valence-corrected chi connectivity index (χ3v) is 3.76. The third kappa shape index (κ3) is 3.05. The van der Waals surface area contributed by atoms with Crippen molar-refractivity contribution in [2.45, 2.75) is 23.9 Å². The first-order valence-electron chi connectivity index (χ1n) is 5.67. The van der Waals surface area contributed by atoms with Crippen molar-refractivity contribution in [2.75, 3.05) is 18.1 Å². The van der Waals surface area contributed by atoms with E-state index in [-0.39, 0.29) is 17.0 Å². The standard InChI is InChI=1S/C11H15N3O3S/c1-18(16,17)10-5-4-8(7-13-10)14-11(15)9-3-2-6-12-9/h4-5,7,9,12H,2-3,6H2,1H3,(H,14,15). The number of amides is 1. The Morgan fingerprint density at radius 1 is 1.50 bits per heavy atom. The van der Waals surface area contributed by atoms with Crippen molar-refractivity contribution >= 4 is 21.4 Å². The topological polar surface area (TPSA) is 88.2 Å². The van der Waals surface area contributed by atoms with Crippen LogP contribution in [0.4, 0.5) is 5.69 Å². The van der Waals surface area contributed by atoms with Gasteiger partial charge in [0.15, 0.2) is 14.9 Å². The van der Waals surface area contributed by atoms with Crippen molar-refractivity contribution < 1.29 is 13.2 Å². The fourth-order valence-corrected chi connectivity index (χ4v) is 2.37. The van der Waals surface area contributed by atoms with E-state index < -0.39 is 9.84 Å². The second kappa shape index (κ2) is 5.03. The van der Waals surface area contributed by atoms with Crippen LogP contribution in [0.5, 0.6) is 0 Å². The molecule has 1 aromatic heterocycles. The van der Waals surface area contributed by atoms with Gasteiger partial charge in [0.25, 0.3) is 0 Å². The van der Waals surface area contributed by atoms with E-state index in [9.17, 15) is 13.2 Å². The molecule has 7 heteroatoms. The lowest BCUT2D eigenvalue weighted by molar-refractivity contribution is -0.117. The minimum atomic E-state index is -3.30. The van der Waals surface area contributed by atoms with Gasteiger partial charge in [0, 0.05) is 6.26 Å². The van der Waals surface area contributed by atoms with Crippen molar-refractivity contribution in [3.63, 3.8) is 0 Å². The Labute approximate surface area is 106 Å². The average molecular weight is 269 g/mol. The molecule has 0 aliphatic carbocycles. The van der Waals surface area contributed by atoms with Gasteiger partial charge in [-0.3, -0.25) is 4.79 Å². The van der Waals surface area contributed by atoms with Crippen molar-refractivity contribution in [1.82, 2.24) is 10.3 Å². The first kappa shape index (κ1) is 13.0. The number of hydrogen-bond donors (Lipinski definition) is 2. The Balaban J connectivity index is 2.04. The monoisotopic (exact) mass is 269 g/mol. The van der Waals surface area contributed by atoms with Crippen LogP contribution in [-0.4, -0.2) is 38.2 Å². The van der Waals surface area contributed by atoms with Crippen LogP contribution in [0.15, 0.2) is 23.4 Å². The molecule has 98 valence electrons. The van der Waals surface area contributed by atoms with Crippen LogP contribution in [0.25, 0.3) is 0 Å². The molecule has 0 bridgehead atoms. The summed E-state index contributed by atoms with van der Waals surface area (Å²) in [5.41, 5.74) is 0.501. The molecule has 2 heterocycles. The molecule has 0 spiro atoms. The molecule has 1 saturated heterocycles. The Kier molecular flexibility index (Phi) is 3.63. The second-order valence-corrected chi connectivity index (χ2v) is 6.26. The Morgan fingerprint density at radius 3 is 2.78 bits per heavy atom. The number of nitrogens with one attached hydrogen (secondary N) is 2. The predicted octanol–water partition coefficient (Wildman–Crippen LogP) is 0.176. The number of nitrogens with zero attached hydrogens (tertiary/aromatic N) is 1. The fourth-order valence-electron chi connectivity index (χ4n) is 1.81. The molecule has 1 aromatic rings. The molecule has 2 rings (SSSR count). The zero-order valence-electron chi connectivity index (χ0n) is 10.0. The van der Waals surface area contributed by atoms with Crippen molar-refractivity contribution in [3.05, 3.63) is 18.3 Å². The first-order chi connectivity index (χ1) is 8.47. The maximum absolute atomic E-state index is 11.8. The second-order valence-electron chi connectivity index (χ2n) is 4.30. The maximum Gasteiger partial charge on any atom is 0.241 e. The summed E-state index contributed by atoms with van der Waals surface area (Å²) in [7, 11) is -3.30. The lowest BCUT2D eigenvalue weighted by atomic mass is 10.2. The van der Waals surface area contributed by atoms with E-state index in [2.05, 4.69) is 15.6 Å². The highest BCUT2D eigenvalue weighted by Gasteiger charge is 2.22. The lowest BCUT2D eigenvalue weighted by Gasteiger charge is -2.10. The molecule has 1 aliphatic heterocycles. The highest BCUT2D eigenvalue weighted by atomic mass is 32.2. The summed E-state index contributed by atoms with van der Waals surface area (Å²) >= 11 is 0. The number of carbonyl (C=O) groups is 1. The van der Waals surface area contributed by atoms with E-state index in [1.165, 1.54) is 18.3 Å². The molecule has 6 nitrogen and oxygen atoms in total. The molecule has 18 heavy (non-hydrogen) atoms. The van der Waals surface area contributed by atoms with Gasteiger partial charge in [0.1, 0.15) is 0 Å². The molecule has 0 aromatic carbocycles. The van der Waals surface area contributed by atoms with E-state index in [1.807, 2.05) is 0 Å². The lowest BCUT2D eigenvalue weighted by Crippen LogP contribution is -2.35. The van der Waals surface area contributed by atoms with Crippen LogP contribution in [-0.2, 0) is 14.6 Å². The minimum absolute atomic E-state index is 0.000472. The Hall–Kier alpha value is -1.47. The predicted molar refractivity (Wildman–Crippen MR) is 67.0 cm³/mol. The smallest absolute Gasteiger partial charge is 0.241 e. The maximum atomic E-state index is 11.8. The van der Waals surface area contributed by atoms with Gasteiger partial charge in [-0.15, -0.1) is 0 Å². The SMILES string of the molecule is CS(=O)(=O)c1ccc(NC(=O)C2CCCN2)cn1. The minimum Gasteiger partial charge on any atom is -0.323 e. The molecule has 1 fully saturated rings. The normalized spacial score (nSPS) is 19.7. The van der Waals surface area contributed by atoms with E-state index in [1.54, 1.807) is 0 Å². The number of sulfone groups is 1. The summed E-state index contributed by atoms with van der Waals surface area (Å²) in [5, 5.41) is 5.79. The van der Waals surface area contributed by atoms with E-state index in [0.29, 0.717) is 5.69 Å². The van der Waals surface area contributed by atoms with Gasteiger partial charge in [0.2, 0.25) is 5.91 Å². The number of anilines is 1. The molecule has 1 aliphatic rings. The summed E-state index contributed by atoms with van der Waals surface area (Å²) < 4.78 is 22.4. The van der Waals surface area contributed by atoms with E-state index in [4.69, 9.17) is 0 Å². The molecule has 0 saturated carbocycles. The fraction of sp³-hybridized carbons (Fsp3) is 0.455. The number of carbonyl (C=O) groups excluding carboxylic acids is 1. The van der Waals surface area contributed by atoms with Crippen molar-refractivity contribution in [2.24, 2.45) is 0 Å². The van der Waals surface area contributed by atoms with Crippen LogP contribution in [0.2, 0.25) is 0 Å². The van der Waals surface area contributed by atoms with E-state index in [0.717, 1.165) is 25.6 Å². The number of hydrogen-bond acceptors (Lipinski definition) is 5. The molecule has 2 N–H and O–H groups in total. The van der Waals surface area contributed by atoms with Gasteiger partial charge in [-0.25, -0.2) is 13.4 Å². The summed E-state index contributed by atoms with van der Waals surface area (Å²) in [4.78, 5) is 15.6. The molecule has 1 amide bonds. The van der Waals surface area contributed by atoms with Crippen LogP contribution in [0, 0.1) is 0 Å². The van der Waals surface area contributed by atoms with Gasteiger partial charge in [-0.1, -0.05) is 0 Å². The largest absolute Gasteiger partial charge is 0.323 e. The summed E-state index contributed by atoms with van der Waals surface area (Å²) in [6.07, 6.45) is 4.25. The van der Waals surface area contributed by atoms with Gasteiger partial charge >= 0.3 is 0 Å². The summed E-state index contributed by atoms with van der Waals surface area (Å²) in [6.45, 7) is 0.851. The number of pyridine rings is 1. The molecule has 1 unspecified atom stereocenters. The zero-order valence-corrected chi connectivity index (χ0v) is 10.8. The van der Waals surface area contributed by atoms with Crippen LogP contribution in [0.3, 0.4) is 0 Å². The molecular weight excluding hydrogens is 254 g/mol. The Bertz CT molecular complexity index is 533. The summed E-state index contributed by atoms with van der Waals surface area (Å²) in [5.74, 6) is -0.110. The van der Waals surface area contributed by atoms with Crippen LogP contribution >= 0.6 is 0 Å². The zero-order chi connectivity index (χ0) is 13.2. The molecular formula is C11H15N3O3S. The van der Waals surface area contributed by atoms with Crippen molar-refractivity contribution in [3.8, 4) is 0 Å². The Morgan fingerprint density at radius 2 is 2.28 bits per heavy atom. The van der Waals surface area contributed by atoms with Gasteiger partial charge < -0.3 is 10.6 Å². The summed E-state index contributed by atoms with van der Waals surface area (Å²) in [6, 6.07) is 2.75. The quantitative estimate of drug-likeness (QED) is 0.817. The molecule has 0 radical (unpaired) electrons. The van der Waals surface area contributed by atoms with Crippen LogP contribution in [0.1, 0.15) is 12.8 Å². The van der Waals surface area contributed by atoms with Gasteiger partial charge in [0.05, 0.1) is 17.9 Å². The number of rotatable bonds is 3. The highest BCUT2D eigenvalue weighted by molar-refractivity contribution is 7.90. The number of aromatic nitrogens is 1. The first-order valence-corrected chi connectivity index (χ1v) is 7.56. The van der Waals surface area contributed by atoms with E-state index >= 15 is 0 Å². The van der Waals surface area contributed by atoms with Crippen molar-refractivity contribution in [1.29, 1.82) is 0 Å². The average Bonchev–Trinajstić information content (AvgIpc) is 2.82. The van der Waals surface area contributed by atoms with Crippen LogP contribution < -0.4 is 10.6 Å². The van der Waals surface area contributed by atoms with Gasteiger partial charge in [-0.2, -0.15) is 0 Å². The molecule has 1 atom stereocenters. The third-order valence-electron chi connectivity index (χ3n) is 2.76. The van der Waals surface area contributed by atoms with Gasteiger partial charge in [-0.05, 0) is 31.5 Å². The highest BCUT2D eigenvalue weighted by Crippen LogP contribution is 2.12.